The van der Waals surface area contributed by atoms with Crippen LogP contribution >= 0.6 is 11.6 Å². The van der Waals surface area contributed by atoms with E-state index in [9.17, 15) is 19.1 Å². The van der Waals surface area contributed by atoms with E-state index in [2.05, 4.69) is 15.5 Å². The van der Waals surface area contributed by atoms with Crippen LogP contribution in [0.3, 0.4) is 0 Å². The lowest BCUT2D eigenvalue weighted by atomic mass is 10.0. The fourth-order valence-corrected chi connectivity index (χ4v) is 3.18. The number of hydrogen-bond acceptors (Lipinski definition) is 4. The number of benzene rings is 1. The van der Waals surface area contributed by atoms with Crippen LogP contribution in [0.2, 0.25) is 5.02 Å². The van der Waals surface area contributed by atoms with E-state index in [1.54, 1.807) is 23.4 Å². The zero-order chi connectivity index (χ0) is 19.4. The highest BCUT2D eigenvalue weighted by Gasteiger charge is 2.31. The molecule has 0 aliphatic carbocycles. The Morgan fingerprint density at radius 3 is 2.89 bits per heavy atom. The van der Waals surface area contributed by atoms with E-state index >= 15 is 0 Å². The van der Waals surface area contributed by atoms with Crippen LogP contribution in [0.1, 0.15) is 17.5 Å². The van der Waals surface area contributed by atoms with Crippen LogP contribution in [-0.2, 0) is 22.4 Å². The number of aliphatic hydroxyl groups excluding tert-OH is 1. The molecule has 0 bridgehead atoms. The van der Waals surface area contributed by atoms with Crippen molar-refractivity contribution in [3.63, 3.8) is 0 Å². The molecule has 3 N–H and O–H groups in total. The Balaban J connectivity index is 1.56. The second kappa shape index (κ2) is 8.49. The van der Waals surface area contributed by atoms with Crippen molar-refractivity contribution in [2.45, 2.75) is 31.4 Å². The lowest BCUT2D eigenvalue weighted by Crippen LogP contribution is -2.56. The normalized spacial score (nSPS) is 19.7. The van der Waals surface area contributed by atoms with Gasteiger partial charge in [0.2, 0.25) is 11.8 Å². The summed E-state index contributed by atoms with van der Waals surface area (Å²) in [6, 6.07) is 3.60. The van der Waals surface area contributed by atoms with Crippen LogP contribution in [-0.4, -0.2) is 57.3 Å². The van der Waals surface area contributed by atoms with Gasteiger partial charge in [0.15, 0.2) is 0 Å². The number of nitrogens with one attached hydrogen (secondary N) is 2. The van der Waals surface area contributed by atoms with Gasteiger partial charge in [0.05, 0.1) is 36.2 Å². The zero-order valence-corrected chi connectivity index (χ0v) is 15.2. The Labute approximate surface area is 160 Å². The number of amides is 2. The van der Waals surface area contributed by atoms with Crippen molar-refractivity contribution in [1.29, 1.82) is 0 Å². The first-order valence-corrected chi connectivity index (χ1v) is 8.97. The summed E-state index contributed by atoms with van der Waals surface area (Å²) in [6.07, 6.45) is 3.03. The number of carbonyl (C=O) groups excluding carboxylic acids is 2. The third-order valence-electron chi connectivity index (χ3n) is 4.53. The summed E-state index contributed by atoms with van der Waals surface area (Å²) in [5.74, 6) is -1.04. The molecule has 144 valence electrons. The number of likely N-dealkylation sites (tertiary alicyclic amines) is 1. The van der Waals surface area contributed by atoms with Gasteiger partial charge in [-0.2, -0.15) is 5.10 Å². The molecule has 2 atom stereocenters. The molecule has 1 fully saturated rings. The molecule has 2 aromatic rings. The van der Waals surface area contributed by atoms with E-state index in [-0.39, 0.29) is 36.2 Å². The minimum Gasteiger partial charge on any atom is -0.391 e. The quantitative estimate of drug-likeness (QED) is 0.706. The van der Waals surface area contributed by atoms with Crippen LogP contribution in [0.4, 0.5) is 4.39 Å². The highest BCUT2D eigenvalue weighted by molar-refractivity contribution is 6.30. The zero-order valence-electron chi connectivity index (χ0n) is 14.5. The van der Waals surface area contributed by atoms with Crippen molar-refractivity contribution in [2.75, 3.05) is 13.1 Å². The highest BCUT2D eigenvalue weighted by atomic mass is 35.5. The Hall–Kier alpha value is -2.45. The SMILES string of the molecule is O=C(Cc1ccc(Cl)c(F)c1)N[C@@H]1CN(C(=O)Cc2cn[nH]c2)CC[C@H]1O. The minimum absolute atomic E-state index is 0.00589. The summed E-state index contributed by atoms with van der Waals surface area (Å²) >= 11 is 5.64. The molecule has 1 aliphatic heterocycles. The molecule has 0 radical (unpaired) electrons. The summed E-state index contributed by atoms with van der Waals surface area (Å²) in [7, 11) is 0. The fourth-order valence-electron chi connectivity index (χ4n) is 3.06. The third-order valence-corrected chi connectivity index (χ3v) is 4.84. The van der Waals surface area contributed by atoms with Gasteiger partial charge in [-0.1, -0.05) is 17.7 Å². The van der Waals surface area contributed by atoms with E-state index in [1.165, 1.54) is 12.1 Å². The number of hydrogen-bond donors (Lipinski definition) is 3. The molecule has 2 amide bonds. The number of aromatic nitrogens is 2. The molecule has 0 saturated carbocycles. The maximum absolute atomic E-state index is 13.5. The largest absolute Gasteiger partial charge is 0.391 e. The summed E-state index contributed by atoms with van der Waals surface area (Å²) in [4.78, 5) is 26.3. The van der Waals surface area contributed by atoms with E-state index in [1.807, 2.05) is 0 Å². The Morgan fingerprint density at radius 2 is 2.19 bits per heavy atom. The highest BCUT2D eigenvalue weighted by Crippen LogP contribution is 2.17. The van der Waals surface area contributed by atoms with Gasteiger partial charge < -0.3 is 15.3 Å². The predicted octanol–water partition coefficient (Wildman–Crippen LogP) is 1.07. The molecule has 1 aliphatic rings. The van der Waals surface area contributed by atoms with E-state index in [4.69, 9.17) is 11.6 Å². The fraction of sp³-hybridized carbons (Fsp3) is 0.389. The standard InChI is InChI=1S/C18H20ClFN4O3/c19-13-2-1-11(5-14(13)20)6-17(26)23-15-10-24(4-3-16(15)25)18(27)7-12-8-21-22-9-12/h1-2,5,8-9,15-16,25H,3-4,6-7,10H2,(H,21,22)(H,23,26)/t15-,16-/m1/s1. The summed E-state index contributed by atoms with van der Waals surface area (Å²) in [5, 5.41) is 19.4. The maximum Gasteiger partial charge on any atom is 0.227 e. The molecule has 1 saturated heterocycles. The van der Waals surface area contributed by atoms with Crippen molar-refractivity contribution < 1.29 is 19.1 Å². The van der Waals surface area contributed by atoms with Crippen LogP contribution in [0.25, 0.3) is 0 Å². The third kappa shape index (κ3) is 5.05. The van der Waals surface area contributed by atoms with Gasteiger partial charge in [0.25, 0.3) is 0 Å². The number of aliphatic hydroxyl groups is 1. The van der Waals surface area contributed by atoms with Crippen molar-refractivity contribution in [1.82, 2.24) is 20.4 Å². The number of halogens is 2. The second-order valence-electron chi connectivity index (χ2n) is 6.58. The molecular formula is C18H20ClFN4O3. The van der Waals surface area contributed by atoms with Crippen LogP contribution in [0.5, 0.6) is 0 Å². The Bertz CT molecular complexity index is 815. The second-order valence-corrected chi connectivity index (χ2v) is 6.99. The summed E-state index contributed by atoms with van der Waals surface area (Å²) in [5.41, 5.74) is 1.25. The first kappa shape index (κ1) is 19.3. The lowest BCUT2D eigenvalue weighted by Gasteiger charge is -2.36. The van der Waals surface area contributed by atoms with Crippen molar-refractivity contribution in [3.05, 3.63) is 52.6 Å². The van der Waals surface area contributed by atoms with E-state index in [0.717, 1.165) is 5.56 Å². The molecule has 2 heterocycles. The molecule has 0 unspecified atom stereocenters. The lowest BCUT2D eigenvalue weighted by molar-refractivity contribution is -0.135. The number of aromatic amines is 1. The number of carbonyl (C=O) groups is 2. The Kier molecular flexibility index (Phi) is 6.08. The van der Waals surface area contributed by atoms with Crippen LogP contribution in [0, 0.1) is 5.82 Å². The number of rotatable bonds is 5. The van der Waals surface area contributed by atoms with Gasteiger partial charge in [-0.3, -0.25) is 14.7 Å². The smallest absolute Gasteiger partial charge is 0.227 e. The topological polar surface area (TPSA) is 98.3 Å². The maximum atomic E-state index is 13.5. The molecule has 27 heavy (non-hydrogen) atoms. The van der Waals surface area contributed by atoms with Gasteiger partial charge in [0, 0.05) is 19.3 Å². The predicted molar refractivity (Wildman–Crippen MR) is 96.5 cm³/mol. The van der Waals surface area contributed by atoms with Gasteiger partial charge in [-0.25, -0.2) is 4.39 Å². The molecule has 3 rings (SSSR count). The average Bonchev–Trinajstić information content (AvgIpc) is 3.13. The van der Waals surface area contributed by atoms with Gasteiger partial charge >= 0.3 is 0 Å². The molecular weight excluding hydrogens is 375 g/mol. The average molecular weight is 395 g/mol. The number of H-pyrrole nitrogens is 1. The monoisotopic (exact) mass is 394 g/mol. The first-order chi connectivity index (χ1) is 12.9. The summed E-state index contributed by atoms with van der Waals surface area (Å²) in [6.45, 7) is 0.644. The molecule has 9 heteroatoms. The van der Waals surface area contributed by atoms with Gasteiger partial charge in [0.1, 0.15) is 5.82 Å². The van der Waals surface area contributed by atoms with Crippen molar-refractivity contribution >= 4 is 23.4 Å². The first-order valence-electron chi connectivity index (χ1n) is 8.59. The van der Waals surface area contributed by atoms with Gasteiger partial charge in [-0.05, 0) is 29.7 Å². The van der Waals surface area contributed by atoms with Crippen LogP contribution in [0.15, 0.2) is 30.6 Å². The number of nitrogens with zero attached hydrogens (tertiary/aromatic N) is 2. The summed E-state index contributed by atoms with van der Waals surface area (Å²) < 4.78 is 13.5. The van der Waals surface area contributed by atoms with Crippen molar-refractivity contribution in [2.24, 2.45) is 0 Å². The van der Waals surface area contributed by atoms with Crippen LogP contribution < -0.4 is 5.32 Å². The number of piperidine rings is 1. The molecule has 0 spiro atoms. The Morgan fingerprint density at radius 1 is 1.37 bits per heavy atom. The molecule has 7 nitrogen and oxygen atoms in total. The molecule has 1 aromatic heterocycles. The van der Waals surface area contributed by atoms with E-state index in [0.29, 0.717) is 18.5 Å². The van der Waals surface area contributed by atoms with Gasteiger partial charge in [-0.15, -0.1) is 0 Å². The molecule has 1 aromatic carbocycles. The minimum atomic E-state index is -0.742. The van der Waals surface area contributed by atoms with E-state index < -0.39 is 18.0 Å². The van der Waals surface area contributed by atoms with Crippen molar-refractivity contribution in [3.8, 4) is 0 Å².